The highest BCUT2D eigenvalue weighted by molar-refractivity contribution is 6.09. The van der Waals surface area contributed by atoms with Crippen molar-refractivity contribution in [3.63, 3.8) is 0 Å². The fourth-order valence-corrected chi connectivity index (χ4v) is 1.73. The molecule has 2 rings (SSSR count). The molecular weight excluding hydrogens is 266 g/mol. The topological polar surface area (TPSA) is 115 Å². The molecule has 2 aromatic carbocycles. The lowest BCUT2D eigenvalue weighted by Crippen LogP contribution is -2.34. The maximum atomic E-state index is 11.8. The van der Waals surface area contributed by atoms with E-state index in [1.54, 1.807) is 42.5 Å². The van der Waals surface area contributed by atoms with Crippen LogP contribution < -0.4 is 16.4 Å². The molecule has 0 fully saturated rings. The SMILES string of the molecule is N=Cc1cc(NC(=O)NC(=N)c2ccccc2)ccc1N. The van der Waals surface area contributed by atoms with Gasteiger partial charge in [0.1, 0.15) is 5.84 Å². The van der Waals surface area contributed by atoms with Gasteiger partial charge in [-0.1, -0.05) is 30.3 Å². The summed E-state index contributed by atoms with van der Waals surface area (Å²) in [6, 6.07) is 13.2. The highest BCUT2D eigenvalue weighted by Crippen LogP contribution is 2.15. The zero-order chi connectivity index (χ0) is 15.2. The Morgan fingerprint density at radius 2 is 1.86 bits per heavy atom. The number of amidine groups is 1. The number of carbonyl (C=O) groups is 1. The number of anilines is 2. The number of hydrogen-bond donors (Lipinski definition) is 5. The first-order valence-corrected chi connectivity index (χ1v) is 6.22. The van der Waals surface area contributed by atoms with Crippen molar-refractivity contribution >= 4 is 29.5 Å². The molecular formula is C15H15N5O. The number of hydrogen-bond acceptors (Lipinski definition) is 4. The molecule has 21 heavy (non-hydrogen) atoms. The van der Waals surface area contributed by atoms with Gasteiger partial charge < -0.3 is 16.5 Å². The summed E-state index contributed by atoms with van der Waals surface area (Å²) in [6.45, 7) is 0. The number of nitrogens with one attached hydrogen (secondary N) is 4. The lowest BCUT2D eigenvalue weighted by molar-refractivity contribution is 0.256. The molecule has 106 valence electrons. The quantitative estimate of drug-likeness (QED) is 0.338. The summed E-state index contributed by atoms with van der Waals surface area (Å²) in [4.78, 5) is 11.8. The van der Waals surface area contributed by atoms with E-state index >= 15 is 0 Å². The molecule has 0 saturated carbocycles. The number of nitrogens with two attached hydrogens (primary N) is 1. The summed E-state index contributed by atoms with van der Waals surface area (Å²) < 4.78 is 0. The van der Waals surface area contributed by atoms with Crippen molar-refractivity contribution in [2.75, 3.05) is 11.1 Å². The summed E-state index contributed by atoms with van der Waals surface area (Å²) in [5.74, 6) is 0.0100. The number of benzene rings is 2. The van der Waals surface area contributed by atoms with Gasteiger partial charge >= 0.3 is 6.03 Å². The van der Waals surface area contributed by atoms with Crippen LogP contribution in [0, 0.1) is 10.8 Å². The van der Waals surface area contributed by atoms with Crippen LogP contribution in [-0.2, 0) is 0 Å². The smallest absolute Gasteiger partial charge is 0.324 e. The fourth-order valence-electron chi connectivity index (χ4n) is 1.73. The minimum absolute atomic E-state index is 0.0100. The third-order valence-corrected chi connectivity index (χ3v) is 2.80. The Labute approximate surface area is 122 Å². The second-order valence-electron chi connectivity index (χ2n) is 4.31. The summed E-state index contributed by atoms with van der Waals surface area (Å²) in [6.07, 6.45) is 1.12. The lowest BCUT2D eigenvalue weighted by Gasteiger charge is -2.10. The Balaban J connectivity index is 2.02. The zero-order valence-electron chi connectivity index (χ0n) is 11.2. The summed E-state index contributed by atoms with van der Waals surface area (Å²) in [5, 5.41) is 20.1. The molecule has 6 N–H and O–H groups in total. The largest absolute Gasteiger partial charge is 0.398 e. The van der Waals surface area contributed by atoms with Crippen LogP contribution in [0.2, 0.25) is 0 Å². The molecule has 6 nitrogen and oxygen atoms in total. The van der Waals surface area contributed by atoms with Gasteiger partial charge in [-0.3, -0.25) is 10.7 Å². The molecule has 2 amide bonds. The van der Waals surface area contributed by atoms with E-state index in [9.17, 15) is 4.79 Å². The third kappa shape index (κ3) is 3.66. The first kappa shape index (κ1) is 14.3. The average molecular weight is 281 g/mol. The Hall–Kier alpha value is -3.15. The van der Waals surface area contributed by atoms with Crippen molar-refractivity contribution in [3.8, 4) is 0 Å². The molecule has 2 aromatic rings. The summed E-state index contributed by atoms with van der Waals surface area (Å²) >= 11 is 0. The van der Waals surface area contributed by atoms with Crippen LogP contribution in [0.4, 0.5) is 16.2 Å². The maximum absolute atomic E-state index is 11.8. The van der Waals surface area contributed by atoms with Crippen molar-refractivity contribution in [1.82, 2.24) is 5.32 Å². The normalized spacial score (nSPS) is 9.71. The lowest BCUT2D eigenvalue weighted by atomic mass is 10.2. The molecule has 0 aliphatic heterocycles. The Kier molecular flexibility index (Phi) is 4.30. The molecule has 0 atom stereocenters. The van der Waals surface area contributed by atoms with E-state index in [-0.39, 0.29) is 5.84 Å². The van der Waals surface area contributed by atoms with Gasteiger partial charge in [0.2, 0.25) is 0 Å². The molecule has 0 aromatic heterocycles. The fraction of sp³-hybridized carbons (Fsp3) is 0. The first-order valence-electron chi connectivity index (χ1n) is 6.22. The van der Waals surface area contributed by atoms with E-state index in [0.29, 0.717) is 22.5 Å². The number of amides is 2. The van der Waals surface area contributed by atoms with E-state index in [1.165, 1.54) is 0 Å². The Morgan fingerprint density at radius 1 is 1.14 bits per heavy atom. The van der Waals surface area contributed by atoms with Gasteiger partial charge in [0, 0.05) is 28.7 Å². The molecule has 0 bridgehead atoms. The molecule has 0 radical (unpaired) electrons. The standard InChI is InChI=1S/C15H15N5O/c16-9-11-8-12(6-7-13(11)17)19-15(21)20-14(18)10-4-2-1-3-5-10/h1-9,16H,17H2,(H3,18,19,20,21). The highest BCUT2D eigenvalue weighted by atomic mass is 16.2. The predicted octanol–water partition coefficient (Wildman–Crippen LogP) is 2.41. The molecule has 0 heterocycles. The molecule has 0 aliphatic carbocycles. The summed E-state index contributed by atoms with van der Waals surface area (Å²) in [7, 11) is 0. The number of urea groups is 1. The van der Waals surface area contributed by atoms with E-state index in [2.05, 4.69) is 10.6 Å². The van der Waals surface area contributed by atoms with Gasteiger partial charge in [0.15, 0.2) is 0 Å². The average Bonchev–Trinajstić information content (AvgIpc) is 2.50. The first-order chi connectivity index (χ1) is 10.1. The number of carbonyl (C=O) groups excluding carboxylic acids is 1. The second kappa shape index (κ2) is 6.33. The second-order valence-corrected chi connectivity index (χ2v) is 4.31. The number of rotatable bonds is 3. The molecule has 0 spiro atoms. The van der Waals surface area contributed by atoms with E-state index in [0.717, 1.165) is 6.21 Å². The highest BCUT2D eigenvalue weighted by Gasteiger charge is 2.07. The number of nitrogen functional groups attached to an aromatic ring is 1. The van der Waals surface area contributed by atoms with E-state index in [4.69, 9.17) is 16.6 Å². The van der Waals surface area contributed by atoms with Crippen LogP contribution in [0.3, 0.4) is 0 Å². The molecule has 0 saturated heterocycles. The van der Waals surface area contributed by atoms with E-state index < -0.39 is 6.03 Å². The van der Waals surface area contributed by atoms with Gasteiger partial charge in [0.25, 0.3) is 0 Å². The van der Waals surface area contributed by atoms with Crippen molar-refractivity contribution in [3.05, 3.63) is 59.7 Å². The van der Waals surface area contributed by atoms with Gasteiger partial charge in [-0.25, -0.2) is 4.79 Å². The van der Waals surface area contributed by atoms with Crippen molar-refractivity contribution in [1.29, 1.82) is 10.8 Å². The van der Waals surface area contributed by atoms with Crippen molar-refractivity contribution < 1.29 is 4.79 Å². The maximum Gasteiger partial charge on any atom is 0.324 e. The van der Waals surface area contributed by atoms with E-state index in [1.807, 2.05) is 6.07 Å². The van der Waals surface area contributed by atoms with Crippen LogP contribution in [0.25, 0.3) is 0 Å². The molecule has 0 aliphatic rings. The van der Waals surface area contributed by atoms with Crippen LogP contribution in [0.5, 0.6) is 0 Å². The Morgan fingerprint density at radius 3 is 2.52 bits per heavy atom. The Bertz CT molecular complexity index is 682. The van der Waals surface area contributed by atoms with Gasteiger partial charge in [0.05, 0.1) is 0 Å². The van der Waals surface area contributed by atoms with Gasteiger partial charge in [-0.2, -0.15) is 0 Å². The third-order valence-electron chi connectivity index (χ3n) is 2.80. The van der Waals surface area contributed by atoms with Crippen LogP contribution in [-0.4, -0.2) is 18.1 Å². The van der Waals surface area contributed by atoms with Crippen molar-refractivity contribution in [2.24, 2.45) is 0 Å². The summed E-state index contributed by atoms with van der Waals surface area (Å²) in [5.41, 5.74) is 7.78. The predicted molar refractivity (Wildman–Crippen MR) is 84.2 cm³/mol. The van der Waals surface area contributed by atoms with Crippen molar-refractivity contribution in [2.45, 2.75) is 0 Å². The monoisotopic (exact) mass is 281 g/mol. The molecule has 6 heteroatoms. The zero-order valence-corrected chi connectivity index (χ0v) is 11.2. The minimum atomic E-state index is -0.524. The molecule has 0 unspecified atom stereocenters. The van der Waals surface area contributed by atoms with Gasteiger partial charge in [-0.05, 0) is 18.2 Å². The van der Waals surface area contributed by atoms with Crippen LogP contribution in [0.15, 0.2) is 48.5 Å². The van der Waals surface area contributed by atoms with Crippen LogP contribution >= 0.6 is 0 Å². The van der Waals surface area contributed by atoms with Gasteiger partial charge in [-0.15, -0.1) is 0 Å². The van der Waals surface area contributed by atoms with Crippen LogP contribution in [0.1, 0.15) is 11.1 Å². The minimum Gasteiger partial charge on any atom is -0.398 e.